The van der Waals surface area contributed by atoms with Crippen molar-refractivity contribution in [3.63, 3.8) is 0 Å². The summed E-state index contributed by atoms with van der Waals surface area (Å²) in [6.45, 7) is 1.72. The molecule has 0 aliphatic rings. The summed E-state index contributed by atoms with van der Waals surface area (Å²) < 4.78 is 28.5. The summed E-state index contributed by atoms with van der Waals surface area (Å²) in [5.41, 5.74) is 0.696. The van der Waals surface area contributed by atoms with Crippen LogP contribution in [0.15, 0.2) is 35.5 Å². The molecule has 0 fully saturated rings. The van der Waals surface area contributed by atoms with E-state index < -0.39 is 10.0 Å². The largest absolute Gasteiger partial charge is 0.395 e. The molecule has 124 valence electrons. The Hall–Kier alpha value is -2.39. The molecular formula is C14H18N4O4S. The van der Waals surface area contributed by atoms with Crippen molar-refractivity contribution < 1.29 is 18.3 Å². The molecule has 0 saturated heterocycles. The fourth-order valence-corrected chi connectivity index (χ4v) is 2.92. The van der Waals surface area contributed by atoms with Crippen LogP contribution in [0, 0.1) is 6.92 Å². The summed E-state index contributed by atoms with van der Waals surface area (Å²) in [5.74, 6) is 0.245. The molecule has 23 heavy (non-hydrogen) atoms. The molecule has 0 saturated carbocycles. The molecular weight excluding hydrogens is 320 g/mol. The summed E-state index contributed by atoms with van der Waals surface area (Å²) in [6.07, 6.45) is 1.42. The number of anilines is 1. The van der Waals surface area contributed by atoms with Crippen molar-refractivity contribution in [3.8, 4) is 0 Å². The van der Waals surface area contributed by atoms with Crippen LogP contribution in [0.3, 0.4) is 0 Å². The fourth-order valence-electron chi connectivity index (χ4n) is 1.82. The van der Waals surface area contributed by atoms with Crippen LogP contribution in [-0.4, -0.2) is 42.1 Å². The van der Waals surface area contributed by atoms with Crippen molar-refractivity contribution in [2.24, 2.45) is 7.05 Å². The standard InChI is InChI=1S/C14H18N4O4S/c1-10-16-13(9-18(10)2)23(21,22)17-12-5-3-11(4-6-12)14(20)15-7-8-19/h3-6,9,17,19H,7-8H2,1-2H3,(H,15,20). The third-order valence-corrected chi connectivity index (χ3v) is 4.41. The van der Waals surface area contributed by atoms with Gasteiger partial charge in [-0.05, 0) is 31.2 Å². The molecule has 0 unspecified atom stereocenters. The van der Waals surface area contributed by atoms with Gasteiger partial charge < -0.3 is 15.0 Å². The van der Waals surface area contributed by atoms with Gasteiger partial charge in [0.2, 0.25) is 0 Å². The summed E-state index contributed by atoms with van der Waals surface area (Å²) in [6, 6.07) is 5.96. The summed E-state index contributed by atoms with van der Waals surface area (Å²) in [5, 5.41) is 11.1. The quantitative estimate of drug-likeness (QED) is 0.699. The molecule has 0 aliphatic heterocycles. The van der Waals surface area contributed by atoms with E-state index in [0.29, 0.717) is 17.1 Å². The lowest BCUT2D eigenvalue weighted by Crippen LogP contribution is -2.26. The number of nitrogens with zero attached hydrogens (tertiary/aromatic N) is 2. The van der Waals surface area contributed by atoms with Gasteiger partial charge in [-0.1, -0.05) is 0 Å². The number of carbonyl (C=O) groups excluding carboxylic acids is 1. The Balaban J connectivity index is 2.12. The van der Waals surface area contributed by atoms with Crippen LogP contribution in [0.25, 0.3) is 0 Å². The van der Waals surface area contributed by atoms with Crippen molar-refractivity contribution >= 4 is 21.6 Å². The first-order chi connectivity index (χ1) is 10.8. The molecule has 2 aromatic rings. The SMILES string of the molecule is Cc1nc(S(=O)(=O)Nc2ccc(C(=O)NCCO)cc2)cn1C. The van der Waals surface area contributed by atoms with Crippen molar-refractivity contribution in [1.29, 1.82) is 0 Å². The number of nitrogens with one attached hydrogen (secondary N) is 2. The molecule has 0 aliphatic carbocycles. The second kappa shape index (κ2) is 6.80. The first-order valence-electron chi connectivity index (χ1n) is 6.85. The number of benzene rings is 1. The van der Waals surface area contributed by atoms with Crippen LogP contribution in [0.4, 0.5) is 5.69 Å². The Kier molecular flexibility index (Phi) is 5.02. The number of aryl methyl sites for hydroxylation is 2. The van der Waals surface area contributed by atoms with Gasteiger partial charge in [0, 0.05) is 31.0 Å². The number of amides is 1. The number of aromatic nitrogens is 2. The Labute approximate surface area is 134 Å². The van der Waals surface area contributed by atoms with E-state index >= 15 is 0 Å². The van der Waals surface area contributed by atoms with Crippen LogP contribution < -0.4 is 10.0 Å². The van der Waals surface area contributed by atoms with E-state index in [2.05, 4.69) is 15.0 Å². The maximum absolute atomic E-state index is 12.2. The Morgan fingerprint density at radius 1 is 1.30 bits per heavy atom. The molecule has 0 radical (unpaired) electrons. The predicted octanol–water partition coefficient (Wildman–Crippen LogP) is 0.251. The van der Waals surface area contributed by atoms with Crippen LogP contribution in [0.5, 0.6) is 0 Å². The van der Waals surface area contributed by atoms with Gasteiger partial charge in [-0.2, -0.15) is 8.42 Å². The Morgan fingerprint density at radius 3 is 2.48 bits per heavy atom. The molecule has 1 aromatic carbocycles. The van der Waals surface area contributed by atoms with Gasteiger partial charge in [0.05, 0.1) is 6.61 Å². The van der Waals surface area contributed by atoms with Crippen molar-refractivity contribution in [2.45, 2.75) is 11.9 Å². The lowest BCUT2D eigenvalue weighted by molar-refractivity contribution is 0.0945. The van der Waals surface area contributed by atoms with E-state index in [4.69, 9.17) is 5.11 Å². The lowest BCUT2D eigenvalue weighted by Gasteiger charge is -2.07. The zero-order valence-corrected chi connectivity index (χ0v) is 13.6. The maximum Gasteiger partial charge on any atom is 0.280 e. The van der Waals surface area contributed by atoms with Crippen LogP contribution in [0.1, 0.15) is 16.2 Å². The highest BCUT2D eigenvalue weighted by Crippen LogP contribution is 2.16. The number of imidazole rings is 1. The van der Waals surface area contributed by atoms with E-state index in [0.717, 1.165) is 0 Å². The molecule has 2 rings (SSSR count). The fraction of sp³-hybridized carbons (Fsp3) is 0.286. The summed E-state index contributed by atoms with van der Waals surface area (Å²) in [7, 11) is -2.07. The molecule has 1 heterocycles. The van der Waals surface area contributed by atoms with E-state index in [1.165, 1.54) is 30.5 Å². The lowest BCUT2D eigenvalue weighted by atomic mass is 10.2. The second-order valence-corrected chi connectivity index (χ2v) is 6.53. The second-order valence-electron chi connectivity index (χ2n) is 4.90. The normalized spacial score (nSPS) is 11.3. The van der Waals surface area contributed by atoms with Crippen molar-refractivity contribution in [1.82, 2.24) is 14.9 Å². The summed E-state index contributed by atoms with van der Waals surface area (Å²) in [4.78, 5) is 15.7. The van der Waals surface area contributed by atoms with Gasteiger partial charge in [-0.3, -0.25) is 9.52 Å². The first-order valence-corrected chi connectivity index (χ1v) is 8.33. The molecule has 9 heteroatoms. The Bertz CT molecular complexity index is 777. The van der Waals surface area contributed by atoms with Gasteiger partial charge in [-0.15, -0.1) is 0 Å². The minimum Gasteiger partial charge on any atom is -0.395 e. The van der Waals surface area contributed by atoms with E-state index in [1.807, 2.05) is 0 Å². The van der Waals surface area contributed by atoms with Crippen molar-refractivity contribution in [2.75, 3.05) is 17.9 Å². The number of sulfonamides is 1. The molecule has 0 spiro atoms. The number of aliphatic hydroxyl groups is 1. The average molecular weight is 338 g/mol. The Morgan fingerprint density at radius 2 is 1.96 bits per heavy atom. The topological polar surface area (TPSA) is 113 Å². The zero-order valence-electron chi connectivity index (χ0n) is 12.8. The van der Waals surface area contributed by atoms with Gasteiger partial charge in [0.25, 0.3) is 15.9 Å². The summed E-state index contributed by atoms with van der Waals surface area (Å²) >= 11 is 0. The molecule has 1 aromatic heterocycles. The number of carbonyl (C=O) groups is 1. The highest BCUT2D eigenvalue weighted by molar-refractivity contribution is 7.92. The average Bonchev–Trinajstić information content (AvgIpc) is 2.85. The van der Waals surface area contributed by atoms with Gasteiger partial charge in [-0.25, -0.2) is 4.98 Å². The van der Waals surface area contributed by atoms with E-state index in [1.54, 1.807) is 18.5 Å². The van der Waals surface area contributed by atoms with E-state index in [-0.39, 0.29) is 24.1 Å². The maximum atomic E-state index is 12.2. The number of rotatable bonds is 6. The smallest absolute Gasteiger partial charge is 0.280 e. The van der Waals surface area contributed by atoms with Gasteiger partial charge in [0.15, 0.2) is 5.03 Å². The highest BCUT2D eigenvalue weighted by atomic mass is 32.2. The minimum absolute atomic E-state index is 0.0673. The third kappa shape index (κ3) is 4.08. The monoisotopic (exact) mass is 338 g/mol. The highest BCUT2D eigenvalue weighted by Gasteiger charge is 2.18. The third-order valence-electron chi connectivity index (χ3n) is 3.16. The minimum atomic E-state index is -3.78. The van der Waals surface area contributed by atoms with Crippen LogP contribution in [-0.2, 0) is 17.1 Å². The zero-order chi connectivity index (χ0) is 17.0. The number of hydrogen-bond donors (Lipinski definition) is 3. The number of hydrogen-bond acceptors (Lipinski definition) is 5. The van der Waals surface area contributed by atoms with Gasteiger partial charge >= 0.3 is 0 Å². The molecule has 0 bridgehead atoms. The first kappa shape index (κ1) is 17.0. The number of aliphatic hydroxyl groups excluding tert-OH is 1. The van der Waals surface area contributed by atoms with Crippen LogP contribution >= 0.6 is 0 Å². The molecule has 8 nitrogen and oxygen atoms in total. The van der Waals surface area contributed by atoms with E-state index in [9.17, 15) is 13.2 Å². The predicted molar refractivity (Wildman–Crippen MR) is 84.6 cm³/mol. The van der Waals surface area contributed by atoms with Crippen molar-refractivity contribution in [3.05, 3.63) is 41.9 Å². The molecule has 3 N–H and O–H groups in total. The molecule has 0 atom stereocenters. The van der Waals surface area contributed by atoms with Gasteiger partial charge in [0.1, 0.15) is 5.82 Å². The molecule has 1 amide bonds. The van der Waals surface area contributed by atoms with Crippen LogP contribution in [0.2, 0.25) is 0 Å².